The van der Waals surface area contributed by atoms with E-state index in [1.54, 1.807) is 12.1 Å². The fourth-order valence-corrected chi connectivity index (χ4v) is 3.20. The fraction of sp³-hybridized carbons (Fsp3) is 0.143. The van der Waals surface area contributed by atoms with Crippen LogP contribution in [0.1, 0.15) is 11.1 Å². The summed E-state index contributed by atoms with van der Waals surface area (Å²) in [5.74, 6) is -0.223. The first kappa shape index (κ1) is 18.5. The Morgan fingerprint density at radius 3 is 1.65 bits per heavy atom. The number of hydrogen-bond acceptors (Lipinski definition) is 1. The van der Waals surface area contributed by atoms with Gasteiger partial charge in [0.15, 0.2) is 0 Å². The molecule has 0 spiro atoms. The molecule has 0 aliphatic rings. The Morgan fingerprint density at radius 2 is 1.19 bits per heavy atom. The number of halogens is 4. The Kier molecular flexibility index (Phi) is 5.10. The van der Waals surface area contributed by atoms with Crippen LogP contribution < -0.4 is 4.74 Å². The van der Waals surface area contributed by atoms with Crippen molar-refractivity contribution in [3.05, 3.63) is 76.3 Å². The molecule has 0 bridgehead atoms. The van der Waals surface area contributed by atoms with Gasteiger partial charge in [-0.3, -0.25) is 0 Å². The molecular weight excluding hydrogens is 405 g/mol. The monoisotopic (exact) mass is 420 g/mol. The zero-order valence-corrected chi connectivity index (χ0v) is 15.8. The second kappa shape index (κ2) is 7.16. The summed E-state index contributed by atoms with van der Waals surface area (Å²) >= 11 is 3.43. The Labute approximate surface area is 158 Å². The average molecular weight is 421 g/mol. The predicted octanol–water partition coefficient (Wildman–Crippen LogP) is 7.30. The van der Waals surface area contributed by atoms with E-state index < -0.39 is 6.36 Å². The van der Waals surface area contributed by atoms with Crippen molar-refractivity contribution in [2.24, 2.45) is 0 Å². The van der Waals surface area contributed by atoms with Gasteiger partial charge in [-0.1, -0.05) is 46.3 Å². The second-order valence-electron chi connectivity index (χ2n) is 6.06. The van der Waals surface area contributed by atoms with Gasteiger partial charge in [0.25, 0.3) is 0 Å². The van der Waals surface area contributed by atoms with Crippen LogP contribution in [0.15, 0.2) is 65.1 Å². The number of ether oxygens (including phenoxy) is 1. The first-order chi connectivity index (χ1) is 12.2. The zero-order valence-electron chi connectivity index (χ0n) is 14.2. The van der Waals surface area contributed by atoms with E-state index in [0.29, 0.717) is 0 Å². The Hall–Kier alpha value is -2.27. The van der Waals surface area contributed by atoms with Gasteiger partial charge in [-0.2, -0.15) is 0 Å². The van der Waals surface area contributed by atoms with Gasteiger partial charge in [0.05, 0.1) is 0 Å². The lowest BCUT2D eigenvalue weighted by Crippen LogP contribution is -2.16. The van der Waals surface area contributed by atoms with Crippen molar-refractivity contribution in [3.63, 3.8) is 0 Å². The van der Waals surface area contributed by atoms with E-state index in [0.717, 1.165) is 37.9 Å². The maximum Gasteiger partial charge on any atom is 0.573 e. The molecule has 0 heterocycles. The summed E-state index contributed by atoms with van der Waals surface area (Å²) in [5.41, 5.74) is 6.21. The third-order valence-electron chi connectivity index (χ3n) is 4.13. The summed E-state index contributed by atoms with van der Waals surface area (Å²) in [5, 5.41) is 0. The maximum absolute atomic E-state index is 12.3. The van der Waals surface area contributed by atoms with Gasteiger partial charge in [-0.25, -0.2) is 0 Å². The predicted molar refractivity (Wildman–Crippen MR) is 101 cm³/mol. The molecule has 0 N–H and O–H groups in total. The Balaban J connectivity index is 2.00. The molecule has 0 unspecified atom stereocenters. The van der Waals surface area contributed by atoms with Crippen molar-refractivity contribution in [2.45, 2.75) is 20.2 Å². The molecule has 26 heavy (non-hydrogen) atoms. The summed E-state index contributed by atoms with van der Waals surface area (Å²) in [6.07, 6.45) is -4.68. The van der Waals surface area contributed by atoms with Crippen LogP contribution in [0.2, 0.25) is 0 Å². The van der Waals surface area contributed by atoms with E-state index in [4.69, 9.17) is 0 Å². The lowest BCUT2D eigenvalue weighted by molar-refractivity contribution is -0.274. The van der Waals surface area contributed by atoms with Gasteiger partial charge < -0.3 is 4.74 Å². The van der Waals surface area contributed by atoms with Crippen LogP contribution in [0, 0.1) is 13.8 Å². The standard InChI is InChI=1S/C21H16BrF3O/c1-13-11-14(2)20(12-19(13)15-3-7-17(22)8-4-15)16-5-9-18(10-6-16)26-21(23,24)25/h3-12H,1-2H3. The molecule has 0 amide bonds. The molecule has 3 aromatic rings. The molecule has 3 aromatic carbocycles. The van der Waals surface area contributed by atoms with Gasteiger partial charge in [-0.15, -0.1) is 13.2 Å². The van der Waals surface area contributed by atoms with Gasteiger partial charge >= 0.3 is 6.36 Å². The summed E-state index contributed by atoms with van der Waals surface area (Å²) in [4.78, 5) is 0. The van der Waals surface area contributed by atoms with Crippen molar-refractivity contribution >= 4 is 15.9 Å². The van der Waals surface area contributed by atoms with Crippen molar-refractivity contribution in [1.82, 2.24) is 0 Å². The minimum absolute atomic E-state index is 0.223. The smallest absolute Gasteiger partial charge is 0.406 e. The molecule has 0 aromatic heterocycles. The molecule has 0 aliphatic carbocycles. The number of rotatable bonds is 3. The second-order valence-corrected chi connectivity index (χ2v) is 6.98. The van der Waals surface area contributed by atoms with Gasteiger partial charge in [0.2, 0.25) is 0 Å². The van der Waals surface area contributed by atoms with Crippen LogP contribution >= 0.6 is 15.9 Å². The van der Waals surface area contributed by atoms with E-state index in [9.17, 15) is 13.2 Å². The lowest BCUT2D eigenvalue weighted by atomic mass is 9.92. The van der Waals surface area contributed by atoms with Crippen LogP contribution in [0.3, 0.4) is 0 Å². The van der Waals surface area contributed by atoms with Crippen LogP contribution in [0.25, 0.3) is 22.3 Å². The highest BCUT2D eigenvalue weighted by Gasteiger charge is 2.31. The lowest BCUT2D eigenvalue weighted by Gasteiger charge is -2.14. The molecule has 0 saturated carbocycles. The van der Waals surface area contributed by atoms with Crippen LogP contribution in [-0.2, 0) is 0 Å². The molecule has 134 valence electrons. The fourth-order valence-electron chi connectivity index (χ4n) is 2.94. The van der Waals surface area contributed by atoms with E-state index in [2.05, 4.69) is 39.7 Å². The van der Waals surface area contributed by atoms with Crippen molar-refractivity contribution < 1.29 is 17.9 Å². The molecular formula is C21H16BrF3O. The minimum Gasteiger partial charge on any atom is -0.406 e. The number of alkyl halides is 3. The first-order valence-corrected chi connectivity index (χ1v) is 8.75. The molecule has 1 nitrogen and oxygen atoms in total. The van der Waals surface area contributed by atoms with Crippen molar-refractivity contribution in [1.29, 1.82) is 0 Å². The zero-order chi connectivity index (χ0) is 18.9. The van der Waals surface area contributed by atoms with E-state index >= 15 is 0 Å². The summed E-state index contributed by atoms with van der Waals surface area (Å²) in [6, 6.07) is 18.2. The van der Waals surface area contributed by atoms with Gasteiger partial charge in [0.1, 0.15) is 5.75 Å². The van der Waals surface area contributed by atoms with E-state index in [1.165, 1.54) is 12.1 Å². The Morgan fingerprint density at radius 1 is 0.731 bits per heavy atom. The quantitative estimate of drug-likeness (QED) is 0.431. The average Bonchev–Trinajstić information content (AvgIpc) is 2.56. The molecule has 5 heteroatoms. The van der Waals surface area contributed by atoms with Crippen molar-refractivity contribution in [3.8, 4) is 28.0 Å². The van der Waals surface area contributed by atoms with Gasteiger partial charge in [-0.05, 0) is 77.6 Å². The highest BCUT2D eigenvalue weighted by molar-refractivity contribution is 9.10. The van der Waals surface area contributed by atoms with Crippen molar-refractivity contribution in [2.75, 3.05) is 0 Å². The molecule has 0 atom stereocenters. The van der Waals surface area contributed by atoms with E-state index in [1.807, 2.05) is 31.2 Å². The summed E-state index contributed by atoms with van der Waals surface area (Å²) < 4.78 is 41.9. The molecule has 0 fully saturated rings. The van der Waals surface area contributed by atoms with Crippen LogP contribution in [-0.4, -0.2) is 6.36 Å². The highest BCUT2D eigenvalue weighted by Crippen LogP contribution is 2.34. The largest absolute Gasteiger partial charge is 0.573 e. The molecule has 3 rings (SSSR count). The minimum atomic E-state index is -4.68. The third-order valence-corrected chi connectivity index (χ3v) is 4.65. The van der Waals surface area contributed by atoms with Crippen LogP contribution in [0.4, 0.5) is 13.2 Å². The maximum atomic E-state index is 12.3. The summed E-state index contributed by atoms with van der Waals surface area (Å²) in [7, 11) is 0. The summed E-state index contributed by atoms with van der Waals surface area (Å²) in [6.45, 7) is 4.04. The molecule has 0 saturated heterocycles. The molecule has 0 radical (unpaired) electrons. The highest BCUT2D eigenvalue weighted by atomic mass is 79.9. The van der Waals surface area contributed by atoms with Gasteiger partial charge in [0, 0.05) is 4.47 Å². The van der Waals surface area contributed by atoms with E-state index in [-0.39, 0.29) is 5.75 Å². The molecule has 0 aliphatic heterocycles. The SMILES string of the molecule is Cc1cc(C)c(-c2ccc(OC(F)(F)F)cc2)cc1-c1ccc(Br)cc1. The first-order valence-electron chi connectivity index (χ1n) is 7.96. The van der Waals surface area contributed by atoms with Crippen LogP contribution in [0.5, 0.6) is 5.75 Å². The normalized spacial score (nSPS) is 11.5. The number of aryl methyl sites for hydroxylation is 2. The Bertz CT molecular complexity index is 914. The third kappa shape index (κ3) is 4.28. The topological polar surface area (TPSA) is 9.23 Å². The number of hydrogen-bond donors (Lipinski definition) is 0. The number of benzene rings is 3.